The van der Waals surface area contributed by atoms with Crippen LogP contribution in [0, 0.1) is 5.82 Å². The van der Waals surface area contributed by atoms with Crippen molar-refractivity contribution < 1.29 is 9.50 Å². The molecule has 1 aromatic rings. The molecule has 1 aromatic carbocycles. The topological polar surface area (TPSA) is 35.5 Å². The maximum Gasteiger partial charge on any atom is 0.141 e. The predicted octanol–water partition coefficient (Wildman–Crippen LogP) is 3.21. The third-order valence-corrected chi connectivity index (χ3v) is 4.35. The van der Waals surface area contributed by atoms with Crippen LogP contribution in [0.5, 0.6) is 5.75 Å². The third kappa shape index (κ3) is 3.40. The van der Waals surface area contributed by atoms with Crippen LogP contribution in [0.2, 0.25) is 0 Å². The Bertz CT molecular complexity index is 501. The highest BCUT2D eigenvalue weighted by Crippen LogP contribution is 2.38. The second kappa shape index (κ2) is 6.70. The number of nitrogens with zero attached hydrogens (tertiary/aromatic N) is 1. The predicted molar refractivity (Wildman–Crippen MR) is 82.4 cm³/mol. The zero-order valence-electron chi connectivity index (χ0n) is 11.6. The number of halogens is 2. The fourth-order valence-electron chi connectivity index (χ4n) is 2.58. The second-order valence-corrected chi connectivity index (χ2v) is 6.06. The Balaban J connectivity index is 2.35. The molecule has 0 unspecified atom stereocenters. The number of phenols is 1. The lowest BCUT2D eigenvalue weighted by Crippen LogP contribution is -2.45. The van der Waals surface area contributed by atoms with E-state index in [-0.39, 0.29) is 16.3 Å². The van der Waals surface area contributed by atoms with E-state index in [1.54, 1.807) is 6.07 Å². The van der Waals surface area contributed by atoms with Gasteiger partial charge in [0.05, 0.1) is 4.47 Å². The smallest absolute Gasteiger partial charge is 0.141 e. The number of hydrogen-bond donors (Lipinski definition) is 2. The van der Waals surface area contributed by atoms with Crippen molar-refractivity contribution >= 4 is 15.9 Å². The molecular formula is C15H20BrFN2O. The van der Waals surface area contributed by atoms with E-state index in [0.717, 1.165) is 43.7 Å². The standard InChI is InChI=1S/C15H20BrFN2O/c1-10(2)9-13(19-7-5-18-6-8-19)11-3-4-12(17)14(16)15(11)20/h3-4,13,18,20H,1,5-9H2,2H3/t13-/m0/s1. The van der Waals surface area contributed by atoms with E-state index in [4.69, 9.17) is 0 Å². The first-order valence-corrected chi connectivity index (χ1v) is 7.56. The van der Waals surface area contributed by atoms with Gasteiger partial charge in [0.25, 0.3) is 0 Å². The molecule has 0 aliphatic carbocycles. The molecular weight excluding hydrogens is 323 g/mol. The number of piperazine rings is 1. The summed E-state index contributed by atoms with van der Waals surface area (Å²) in [6.07, 6.45) is 0.756. The van der Waals surface area contributed by atoms with Gasteiger partial charge in [-0.25, -0.2) is 4.39 Å². The molecule has 2 rings (SSSR count). The molecule has 20 heavy (non-hydrogen) atoms. The molecule has 1 aliphatic rings. The summed E-state index contributed by atoms with van der Waals surface area (Å²) in [5.74, 6) is -0.449. The van der Waals surface area contributed by atoms with Crippen molar-refractivity contribution in [3.8, 4) is 5.75 Å². The Labute approximate surface area is 127 Å². The molecule has 0 spiro atoms. The average Bonchev–Trinajstić information content (AvgIpc) is 2.44. The lowest BCUT2D eigenvalue weighted by atomic mass is 9.97. The Morgan fingerprint density at radius 3 is 2.75 bits per heavy atom. The summed E-state index contributed by atoms with van der Waals surface area (Å²) in [7, 11) is 0. The van der Waals surface area contributed by atoms with Crippen LogP contribution in [0.25, 0.3) is 0 Å². The molecule has 1 aliphatic heterocycles. The zero-order valence-corrected chi connectivity index (χ0v) is 13.2. The van der Waals surface area contributed by atoms with Gasteiger partial charge < -0.3 is 10.4 Å². The van der Waals surface area contributed by atoms with Crippen molar-refractivity contribution in [3.05, 3.63) is 40.1 Å². The largest absolute Gasteiger partial charge is 0.506 e. The molecule has 0 amide bonds. The summed E-state index contributed by atoms with van der Waals surface area (Å²) >= 11 is 3.11. The van der Waals surface area contributed by atoms with Crippen LogP contribution in [0.3, 0.4) is 0 Å². The lowest BCUT2D eigenvalue weighted by molar-refractivity contribution is 0.169. The van der Waals surface area contributed by atoms with Gasteiger partial charge in [-0.15, -0.1) is 6.58 Å². The minimum absolute atomic E-state index is 0.00483. The number of rotatable bonds is 4. The molecule has 1 fully saturated rings. The van der Waals surface area contributed by atoms with Crippen molar-refractivity contribution in [3.63, 3.8) is 0 Å². The van der Waals surface area contributed by atoms with E-state index in [9.17, 15) is 9.50 Å². The number of aromatic hydroxyl groups is 1. The molecule has 2 N–H and O–H groups in total. The van der Waals surface area contributed by atoms with Gasteiger partial charge in [-0.3, -0.25) is 4.90 Å². The van der Waals surface area contributed by atoms with Gasteiger partial charge in [0, 0.05) is 37.8 Å². The normalized spacial score (nSPS) is 17.9. The zero-order chi connectivity index (χ0) is 14.7. The summed E-state index contributed by atoms with van der Waals surface area (Å²) < 4.78 is 13.6. The van der Waals surface area contributed by atoms with E-state index in [1.165, 1.54) is 6.07 Å². The fraction of sp³-hybridized carbons (Fsp3) is 0.467. The quantitative estimate of drug-likeness (QED) is 0.824. The summed E-state index contributed by atoms with van der Waals surface area (Å²) in [6.45, 7) is 9.62. The van der Waals surface area contributed by atoms with Crippen LogP contribution < -0.4 is 5.32 Å². The highest BCUT2D eigenvalue weighted by molar-refractivity contribution is 9.10. The number of phenolic OH excluding ortho intramolecular Hbond substituents is 1. The van der Waals surface area contributed by atoms with Crippen LogP contribution in [0.4, 0.5) is 4.39 Å². The van der Waals surface area contributed by atoms with E-state index >= 15 is 0 Å². The first kappa shape index (κ1) is 15.5. The van der Waals surface area contributed by atoms with Crippen molar-refractivity contribution in [1.29, 1.82) is 0 Å². The third-order valence-electron chi connectivity index (χ3n) is 3.59. The Hall–Kier alpha value is -0.910. The molecule has 0 saturated carbocycles. The van der Waals surface area contributed by atoms with Crippen LogP contribution in [-0.2, 0) is 0 Å². The monoisotopic (exact) mass is 342 g/mol. The lowest BCUT2D eigenvalue weighted by Gasteiger charge is -2.35. The second-order valence-electron chi connectivity index (χ2n) is 5.26. The van der Waals surface area contributed by atoms with E-state index < -0.39 is 5.82 Å². The molecule has 0 bridgehead atoms. The van der Waals surface area contributed by atoms with Crippen molar-refractivity contribution in [2.45, 2.75) is 19.4 Å². The Morgan fingerprint density at radius 2 is 2.15 bits per heavy atom. The summed E-state index contributed by atoms with van der Waals surface area (Å²) in [6, 6.07) is 3.10. The highest BCUT2D eigenvalue weighted by Gasteiger charge is 2.26. The maximum atomic E-state index is 13.5. The first-order chi connectivity index (χ1) is 9.50. The summed E-state index contributed by atoms with van der Waals surface area (Å²) in [4.78, 5) is 2.31. The molecule has 1 saturated heterocycles. The van der Waals surface area contributed by atoms with Gasteiger partial charge in [-0.2, -0.15) is 0 Å². The minimum Gasteiger partial charge on any atom is -0.506 e. The van der Waals surface area contributed by atoms with Crippen molar-refractivity contribution in [2.75, 3.05) is 26.2 Å². The van der Waals surface area contributed by atoms with Gasteiger partial charge in [0.2, 0.25) is 0 Å². The van der Waals surface area contributed by atoms with Crippen molar-refractivity contribution in [1.82, 2.24) is 10.2 Å². The van der Waals surface area contributed by atoms with Crippen LogP contribution >= 0.6 is 15.9 Å². The van der Waals surface area contributed by atoms with Crippen LogP contribution in [-0.4, -0.2) is 36.2 Å². The molecule has 1 heterocycles. The minimum atomic E-state index is -0.444. The number of hydrogen-bond acceptors (Lipinski definition) is 3. The van der Waals surface area contributed by atoms with Crippen LogP contribution in [0.1, 0.15) is 24.9 Å². The molecule has 3 nitrogen and oxygen atoms in total. The van der Waals surface area contributed by atoms with Gasteiger partial charge in [-0.05, 0) is 35.3 Å². The maximum absolute atomic E-state index is 13.5. The summed E-state index contributed by atoms with van der Waals surface area (Å²) in [5, 5.41) is 13.5. The van der Waals surface area contributed by atoms with E-state index in [1.807, 2.05) is 6.92 Å². The van der Waals surface area contributed by atoms with Gasteiger partial charge >= 0.3 is 0 Å². The number of benzene rings is 1. The van der Waals surface area contributed by atoms with Gasteiger partial charge in [0.1, 0.15) is 11.6 Å². The molecule has 5 heteroatoms. The van der Waals surface area contributed by atoms with Crippen molar-refractivity contribution in [2.24, 2.45) is 0 Å². The molecule has 0 radical (unpaired) electrons. The van der Waals surface area contributed by atoms with E-state index in [0.29, 0.717) is 0 Å². The first-order valence-electron chi connectivity index (χ1n) is 6.76. The van der Waals surface area contributed by atoms with E-state index in [2.05, 4.69) is 32.7 Å². The fourth-order valence-corrected chi connectivity index (χ4v) is 2.94. The Morgan fingerprint density at radius 1 is 1.50 bits per heavy atom. The van der Waals surface area contributed by atoms with Gasteiger partial charge in [-0.1, -0.05) is 11.6 Å². The Kier molecular flexibility index (Phi) is 5.18. The number of nitrogens with one attached hydrogen (secondary N) is 1. The molecule has 110 valence electrons. The SMILES string of the molecule is C=C(C)C[C@@H](c1ccc(F)c(Br)c1O)N1CCNCC1. The molecule has 1 atom stereocenters. The average molecular weight is 343 g/mol. The summed E-state index contributed by atoms with van der Waals surface area (Å²) in [5.41, 5.74) is 1.80. The highest BCUT2D eigenvalue weighted by atomic mass is 79.9. The van der Waals surface area contributed by atoms with Crippen LogP contribution in [0.15, 0.2) is 28.8 Å². The van der Waals surface area contributed by atoms with Gasteiger partial charge in [0.15, 0.2) is 0 Å². The molecule has 0 aromatic heterocycles.